The number of carbonyl (C=O) groups excluding carboxylic acids is 1. The van der Waals surface area contributed by atoms with Crippen molar-refractivity contribution < 1.29 is 9.90 Å². The van der Waals surface area contributed by atoms with E-state index < -0.39 is 6.10 Å². The Balaban J connectivity index is 1.61. The molecule has 1 N–H and O–H groups in total. The largest absolute Gasteiger partial charge is 0.387 e. The number of carbonyl (C=O) groups is 1. The monoisotopic (exact) mass is 365 g/mol. The minimum Gasteiger partial charge on any atom is -0.387 e. The van der Waals surface area contributed by atoms with Gasteiger partial charge in [0, 0.05) is 17.8 Å². The Morgan fingerprint density at radius 3 is 2.74 bits per heavy atom. The van der Waals surface area contributed by atoms with Crippen molar-refractivity contribution in [1.29, 1.82) is 0 Å². The number of amides is 1. The van der Waals surface area contributed by atoms with Gasteiger partial charge in [0.2, 0.25) is 0 Å². The van der Waals surface area contributed by atoms with E-state index in [4.69, 9.17) is 0 Å². The summed E-state index contributed by atoms with van der Waals surface area (Å²) in [6.45, 7) is 0.281. The van der Waals surface area contributed by atoms with Gasteiger partial charge in [-0.3, -0.25) is 4.79 Å². The molecule has 4 rings (SSSR count). The van der Waals surface area contributed by atoms with Crippen LogP contribution in [0.15, 0.2) is 48.7 Å². The van der Waals surface area contributed by atoms with E-state index in [1.54, 1.807) is 18.3 Å². The molecular formula is C20H23N5O2. The van der Waals surface area contributed by atoms with Crippen LogP contribution in [0, 0.1) is 0 Å². The first-order chi connectivity index (χ1) is 13.2. The summed E-state index contributed by atoms with van der Waals surface area (Å²) in [4.78, 5) is 15.2. The molecule has 0 spiro atoms. The third-order valence-electron chi connectivity index (χ3n) is 5.28. The Bertz CT molecular complexity index is 905. The standard InChI is InChI=1S/C20H23N5O2/c26-18(15-7-3-1-4-8-15)14-24(17-9-5-2-6-10-17)20(27)16-11-12-25-19(13-16)21-22-23-25/h1,3-4,7-8,11-13,17-18,26H,2,5-6,9-10,14H2/t18-/m1/s1. The Labute approximate surface area is 157 Å². The van der Waals surface area contributed by atoms with Gasteiger partial charge in [0.15, 0.2) is 5.65 Å². The number of aliphatic hydroxyl groups is 1. The molecule has 1 amide bonds. The number of aromatic nitrogens is 4. The zero-order chi connectivity index (χ0) is 18.6. The summed E-state index contributed by atoms with van der Waals surface area (Å²) in [6, 6.07) is 13.1. The molecule has 0 saturated heterocycles. The fraction of sp³-hybridized carbons (Fsp3) is 0.400. The number of pyridine rings is 1. The van der Waals surface area contributed by atoms with E-state index in [1.807, 2.05) is 35.2 Å². The first kappa shape index (κ1) is 17.6. The van der Waals surface area contributed by atoms with E-state index in [0.29, 0.717) is 11.2 Å². The van der Waals surface area contributed by atoms with E-state index >= 15 is 0 Å². The summed E-state index contributed by atoms with van der Waals surface area (Å²) in [5.41, 5.74) is 1.90. The molecule has 0 aliphatic heterocycles. The first-order valence-corrected chi connectivity index (χ1v) is 9.44. The second-order valence-electron chi connectivity index (χ2n) is 7.07. The van der Waals surface area contributed by atoms with E-state index in [1.165, 1.54) is 10.9 Å². The van der Waals surface area contributed by atoms with Crippen LogP contribution >= 0.6 is 0 Å². The smallest absolute Gasteiger partial charge is 0.254 e. The molecule has 1 fully saturated rings. The van der Waals surface area contributed by atoms with Crippen LogP contribution in [0.4, 0.5) is 0 Å². The highest BCUT2D eigenvalue weighted by Gasteiger charge is 2.28. The molecule has 1 aliphatic rings. The van der Waals surface area contributed by atoms with Gasteiger partial charge in [-0.05, 0) is 41.0 Å². The Morgan fingerprint density at radius 1 is 1.19 bits per heavy atom. The number of hydrogen-bond acceptors (Lipinski definition) is 5. The fourth-order valence-corrected chi connectivity index (χ4v) is 3.80. The molecule has 7 heteroatoms. The van der Waals surface area contributed by atoms with Gasteiger partial charge in [-0.25, -0.2) is 4.52 Å². The van der Waals surface area contributed by atoms with Crippen LogP contribution in [0.5, 0.6) is 0 Å². The fourth-order valence-electron chi connectivity index (χ4n) is 3.80. The van der Waals surface area contributed by atoms with E-state index in [-0.39, 0.29) is 18.5 Å². The molecule has 140 valence electrons. The van der Waals surface area contributed by atoms with Crippen LogP contribution in [0.2, 0.25) is 0 Å². The third-order valence-corrected chi connectivity index (χ3v) is 5.28. The normalized spacial score (nSPS) is 16.3. The number of rotatable bonds is 5. The highest BCUT2D eigenvalue weighted by atomic mass is 16.3. The molecule has 0 unspecified atom stereocenters. The van der Waals surface area contributed by atoms with E-state index in [9.17, 15) is 9.90 Å². The summed E-state index contributed by atoms with van der Waals surface area (Å²) in [5, 5.41) is 22.1. The molecule has 1 aliphatic carbocycles. The molecule has 1 aromatic carbocycles. The van der Waals surface area contributed by atoms with Crippen molar-refractivity contribution in [3.8, 4) is 0 Å². The van der Waals surface area contributed by atoms with Gasteiger partial charge in [0.1, 0.15) is 0 Å². The van der Waals surface area contributed by atoms with Crippen LogP contribution in [-0.2, 0) is 0 Å². The van der Waals surface area contributed by atoms with E-state index in [0.717, 1.165) is 31.2 Å². The second kappa shape index (κ2) is 7.84. The van der Waals surface area contributed by atoms with Gasteiger partial charge in [0.05, 0.1) is 12.6 Å². The van der Waals surface area contributed by atoms with Crippen molar-refractivity contribution in [3.63, 3.8) is 0 Å². The quantitative estimate of drug-likeness (QED) is 0.751. The van der Waals surface area contributed by atoms with Crippen LogP contribution in [0.1, 0.15) is 54.1 Å². The minimum absolute atomic E-state index is 0.0811. The van der Waals surface area contributed by atoms with E-state index in [2.05, 4.69) is 15.5 Å². The van der Waals surface area contributed by atoms with Crippen molar-refractivity contribution in [2.45, 2.75) is 44.2 Å². The number of nitrogens with zero attached hydrogens (tertiary/aromatic N) is 5. The minimum atomic E-state index is -0.712. The van der Waals surface area contributed by atoms with Crippen molar-refractivity contribution in [3.05, 3.63) is 59.8 Å². The molecule has 2 aromatic heterocycles. The van der Waals surface area contributed by atoms with Gasteiger partial charge in [0.25, 0.3) is 5.91 Å². The predicted octanol–water partition coefficient (Wildman–Crippen LogP) is 2.63. The maximum Gasteiger partial charge on any atom is 0.254 e. The summed E-state index contributed by atoms with van der Waals surface area (Å²) in [7, 11) is 0. The molecule has 3 aromatic rings. The number of aliphatic hydroxyl groups excluding tert-OH is 1. The lowest BCUT2D eigenvalue weighted by Gasteiger charge is -2.36. The molecule has 27 heavy (non-hydrogen) atoms. The third kappa shape index (κ3) is 3.83. The van der Waals surface area contributed by atoms with Crippen LogP contribution in [-0.4, -0.2) is 48.5 Å². The zero-order valence-electron chi connectivity index (χ0n) is 15.1. The van der Waals surface area contributed by atoms with Crippen molar-refractivity contribution in [1.82, 2.24) is 24.9 Å². The second-order valence-corrected chi connectivity index (χ2v) is 7.07. The number of hydrogen-bond donors (Lipinski definition) is 1. The summed E-state index contributed by atoms with van der Waals surface area (Å²) in [5.74, 6) is -0.0811. The molecule has 0 radical (unpaired) electrons. The lowest BCUT2D eigenvalue weighted by molar-refractivity contribution is 0.0454. The summed E-state index contributed by atoms with van der Waals surface area (Å²) in [6.07, 6.45) is 6.36. The Hall–Kier alpha value is -2.80. The predicted molar refractivity (Wildman–Crippen MR) is 100 cm³/mol. The average Bonchev–Trinajstić information content (AvgIpc) is 3.20. The van der Waals surface area contributed by atoms with Crippen LogP contribution < -0.4 is 0 Å². The average molecular weight is 365 g/mol. The summed E-state index contributed by atoms with van der Waals surface area (Å²) >= 11 is 0. The summed E-state index contributed by atoms with van der Waals surface area (Å²) < 4.78 is 1.53. The Kier molecular flexibility index (Phi) is 5.11. The van der Waals surface area contributed by atoms with Gasteiger partial charge < -0.3 is 10.0 Å². The van der Waals surface area contributed by atoms with Crippen LogP contribution in [0.3, 0.4) is 0 Å². The number of benzene rings is 1. The molecule has 7 nitrogen and oxygen atoms in total. The van der Waals surface area contributed by atoms with Crippen molar-refractivity contribution >= 4 is 11.6 Å². The topological polar surface area (TPSA) is 83.6 Å². The number of fused-ring (bicyclic) bond motifs is 1. The van der Waals surface area contributed by atoms with Gasteiger partial charge >= 0.3 is 0 Å². The lowest BCUT2D eigenvalue weighted by atomic mass is 9.93. The molecule has 1 saturated carbocycles. The zero-order valence-corrected chi connectivity index (χ0v) is 15.1. The Morgan fingerprint density at radius 2 is 1.96 bits per heavy atom. The van der Waals surface area contributed by atoms with Gasteiger partial charge in [-0.2, -0.15) is 0 Å². The number of tetrazole rings is 1. The SMILES string of the molecule is O=C(c1ccn2nnnc2c1)N(C[C@@H](O)c1ccccc1)C1CCCCC1. The van der Waals surface area contributed by atoms with Crippen molar-refractivity contribution in [2.75, 3.05) is 6.54 Å². The van der Waals surface area contributed by atoms with Gasteiger partial charge in [-0.15, -0.1) is 5.10 Å². The maximum atomic E-state index is 13.3. The van der Waals surface area contributed by atoms with Crippen molar-refractivity contribution in [2.24, 2.45) is 0 Å². The van der Waals surface area contributed by atoms with Gasteiger partial charge in [-0.1, -0.05) is 49.6 Å². The lowest BCUT2D eigenvalue weighted by Crippen LogP contribution is -2.43. The molecule has 0 bridgehead atoms. The first-order valence-electron chi connectivity index (χ1n) is 9.44. The maximum absolute atomic E-state index is 13.3. The molecule has 2 heterocycles. The highest BCUT2D eigenvalue weighted by Crippen LogP contribution is 2.26. The van der Waals surface area contributed by atoms with Crippen LogP contribution in [0.25, 0.3) is 5.65 Å². The highest BCUT2D eigenvalue weighted by molar-refractivity contribution is 5.95. The molecule has 1 atom stereocenters. The molecular weight excluding hydrogens is 342 g/mol.